The van der Waals surface area contributed by atoms with Gasteiger partial charge >= 0.3 is 5.97 Å². The third kappa shape index (κ3) is 6.70. The Morgan fingerprint density at radius 2 is 1.95 bits per heavy atom. The van der Waals surface area contributed by atoms with Crippen LogP contribution >= 0.6 is 0 Å². The summed E-state index contributed by atoms with van der Waals surface area (Å²) >= 11 is 0. The van der Waals surface area contributed by atoms with E-state index >= 15 is 0 Å². The lowest BCUT2D eigenvalue weighted by Gasteiger charge is -2.29. The van der Waals surface area contributed by atoms with Crippen molar-refractivity contribution in [2.45, 2.75) is 12.8 Å². The van der Waals surface area contributed by atoms with Crippen LogP contribution in [0.1, 0.15) is 12.8 Å². The maximum absolute atomic E-state index is 12.0. The minimum atomic E-state index is -3.54. The summed E-state index contributed by atoms with van der Waals surface area (Å²) in [5, 5.41) is 8.89. The third-order valence-electron chi connectivity index (χ3n) is 3.36. The monoisotopic (exact) mass is 323 g/mol. The van der Waals surface area contributed by atoms with Crippen LogP contribution in [-0.4, -0.2) is 82.2 Å². The Morgan fingerprint density at radius 3 is 2.48 bits per heavy atom. The quantitative estimate of drug-likeness (QED) is 0.539. The zero-order chi connectivity index (χ0) is 15.9. The van der Waals surface area contributed by atoms with E-state index in [2.05, 4.69) is 4.72 Å². The van der Waals surface area contributed by atoms with E-state index in [0.29, 0.717) is 26.1 Å². The van der Waals surface area contributed by atoms with E-state index in [1.165, 1.54) is 4.31 Å². The van der Waals surface area contributed by atoms with Gasteiger partial charge in [-0.05, 0) is 26.9 Å². The fourth-order valence-electron chi connectivity index (χ4n) is 2.03. The van der Waals surface area contributed by atoms with Crippen molar-refractivity contribution in [2.24, 2.45) is 5.92 Å². The molecule has 0 aromatic heterocycles. The van der Waals surface area contributed by atoms with Gasteiger partial charge in [0.05, 0.1) is 19.1 Å². The summed E-state index contributed by atoms with van der Waals surface area (Å²) in [6.45, 7) is 2.36. The summed E-state index contributed by atoms with van der Waals surface area (Å²) in [5.74, 6) is -1.29. The molecule has 1 aliphatic heterocycles. The van der Waals surface area contributed by atoms with Crippen molar-refractivity contribution in [1.29, 1.82) is 0 Å². The molecule has 1 aliphatic rings. The Labute approximate surface area is 126 Å². The summed E-state index contributed by atoms with van der Waals surface area (Å²) in [6.07, 6.45) is 0.713. The Balaban J connectivity index is 2.23. The molecule has 0 atom stereocenters. The van der Waals surface area contributed by atoms with Crippen molar-refractivity contribution in [3.63, 3.8) is 0 Å². The number of nitrogens with one attached hydrogen (secondary N) is 1. The van der Waals surface area contributed by atoms with E-state index in [-0.39, 0.29) is 19.6 Å². The molecule has 1 rings (SSSR count). The first-order valence-electron chi connectivity index (χ1n) is 7.03. The first-order chi connectivity index (χ1) is 9.83. The maximum atomic E-state index is 12.0. The van der Waals surface area contributed by atoms with Crippen molar-refractivity contribution in [3.05, 3.63) is 0 Å². The van der Waals surface area contributed by atoms with Crippen LogP contribution in [0, 0.1) is 5.92 Å². The van der Waals surface area contributed by atoms with E-state index in [4.69, 9.17) is 9.84 Å². The molecule has 0 unspecified atom stereocenters. The van der Waals surface area contributed by atoms with Crippen molar-refractivity contribution < 1.29 is 23.1 Å². The summed E-state index contributed by atoms with van der Waals surface area (Å²) in [4.78, 5) is 12.8. The van der Waals surface area contributed by atoms with Crippen LogP contribution < -0.4 is 4.72 Å². The van der Waals surface area contributed by atoms with Crippen LogP contribution in [0.3, 0.4) is 0 Å². The van der Waals surface area contributed by atoms with Gasteiger partial charge in [0.2, 0.25) is 0 Å². The average molecular weight is 323 g/mol. The summed E-state index contributed by atoms with van der Waals surface area (Å²) in [5.41, 5.74) is 0. The Hall–Kier alpha value is -0.740. The van der Waals surface area contributed by atoms with Crippen LogP contribution in [0.25, 0.3) is 0 Å². The van der Waals surface area contributed by atoms with E-state index in [0.717, 1.165) is 6.54 Å². The molecule has 2 N–H and O–H groups in total. The molecular weight excluding hydrogens is 298 g/mol. The minimum absolute atomic E-state index is 0.217. The van der Waals surface area contributed by atoms with Crippen molar-refractivity contribution in [2.75, 3.05) is 53.5 Å². The minimum Gasteiger partial charge on any atom is -0.481 e. The van der Waals surface area contributed by atoms with Gasteiger partial charge in [0.15, 0.2) is 0 Å². The summed E-state index contributed by atoms with van der Waals surface area (Å²) < 4.78 is 33.1. The fraction of sp³-hybridized carbons (Fsp3) is 0.917. The zero-order valence-electron chi connectivity index (χ0n) is 12.6. The molecule has 0 spiro atoms. The molecule has 1 saturated heterocycles. The largest absolute Gasteiger partial charge is 0.481 e. The van der Waals surface area contributed by atoms with E-state index < -0.39 is 22.1 Å². The molecular formula is C12H25N3O5S. The highest BCUT2D eigenvalue weighted by Crippen LogP contribution is 2.18. The van der Waals surface area contributed by atoms with Gasteiger partial charge in [0.1, 0.15) is 0 Å². The molecule has 0 saturated carbocycles. The number of hydrogen-bond donors (Lipinski definition) is 2. The van der Waals surface area contributed by atoms with Gasteiger partial charge in [-0.25, -0.2) is 0 Å². The number of likely N-dealkylation sites (N-methyl/N-ethyl adjacent to an activating group) is 1. The Kier molecular flexibility index (Phi) is 7.53. The number of carbonyl (C=O) groups is 1. The highest BCUT2D eigenvalue weighted by atomic mass is 32.2. The highest BCUT2D eigenvalue weighted by molar-refractivity contribution is 7.87. The number of rotatable bonds is 9. The number of carboxylic acid groups (broad SMARTS) is 1. The molecule has 1 fully saturated rings. The van der Waals surface area contributed by atoms with Gasteiger partial charge in [0, 0.05) is 26.2 Å². The lowest BCUT2D eigenvalue weighted by Crippen LogP contribution is -2.46. The highest BCUT2D eigenvalue weighted by Gasteiger charge is 2.30. The first-order valence-corrected chi connectivity index (χ1v) is 8.47. The molecule has 0 radical (unpaired) electrons. The van der Waals surface area contributed by atoms with E-state index in [1.54, 1.807) is 0 Å². The predicted molar refractivity (Wildman–Crippen MR) is 78.2 cm³/mol. The van der Waals surface area contributed by atoms with Crippen molar-refractivity contribution in [1.82, 2.24) is 13.9 Å². The number of hydrogen-bond acceptors (Lipinski definition) is 5. The lowest BCUT2D eigenvalue weighted by atomic mass is 9.99. The van der Waals surface area contributed by atoms with Gasteiger partial charge in [-0.3, -0.25) is 4.79 Å². The molecule has 0 aliphatic carbocycles. The van der Waals surface area contributed by atoms with Gasteiger partial charge < -0.3 is 14.7 Å². The van der Waals surface area contributed by atoms with Gasteiger partial charge in [-0.15, -0.1) is 0 Å². The van der Waals surface area contributed by atoms with Crippen LogP contribution in [0.2, 0.25) is 0 Å². The fourth-order valence-corrected chi connectivity index (χ4v) is 3.24. The molecule has 21 heavy (non-hydrogen) atoms. The second kappa shape index (κ2) is 8.64. The number of aliphatic carboxylic acids is 1. The smallest absolute Gasteiger partial charge is 0.306 e. The normalized spacial score (nSPS) is 18.2. The van der Waals surface area contributed by atoms with Crippen LogP contribution in [-0.2, 0) is 19.7 Å². The van der Waals surface area contributed by atoms with Crippen LogP contribution in [0.4, 0.5) is 0 Å². The maximum Gasteiger partial charge on any atom is 0.306 e. The standard InChI is InChI=1S/C12H25N3O5S/c1-14(2)8-10-20-9-5-13-21(18,19)15-6-3-11(4-7-15)12(16)17/h11,13H,3-10H2,1-2H3,(H,16,17). The van der Waals surface area contributed by atoms with Crippen molar-refractivity contribution in [3.8, 4) is 0 Å². The van der Waals surface area contributed by atoms with E-state index in [1.807, 2.05) is 19.0 Å². The second-order valence-electron chi connectivity index (χ2n) is 5.33. The van der Waals surface area contributed by atoms with Gasteiger partial charge in [0.25, 0.3) is 10.2 Å². The van der Waals surface area contributed by atoms with Crippen LogP contribution in [0.5, 0.6) is 0 Å². The third-order valence-corrected chi connectivity index (χ3v) is 4.97. The molecule has 1 heterocycles. The van der Waals surface area contributed by atoms with Gasteiger partial charge in [-0.2, -0.15) is 17.4 Å². The number of carboxylic acids is 1. The molecule has 8 nitrogen and oxygen atoms in total. The van der Waals surface area contributed by atoms with Gasteiger partial charge in [-0.1, -0.05) is 0 Å². The summed E-state index contributed by atoms with van der Waals surface area (Å²) in [7, 11) is 0.339. The predicted octanol–water partition coefficient (Wildman–Crippen LogP) is -0.804. The molecule has 0 bridgehead atoms. The number of nitrogens with zero attached hydrogens (tertiary/aromatic N) is 2. The second-order valence-corrected chi connectivity index (χ2v) is 7.08. The molecule has 9 heteroatoms. The number of ether oxygens (including phenoxy) is 1. The SMILES string of the molecule is CN(C)CCOCCNS(=O)(=O)N1CCC(C(=O)O)CC1. The molecule has 0 amide bonds. The molecule has 0 aromatic rings. The zero-order valence-corrected chi connectivity index (χ0v) is 13.4. The number of piperidine rings is 1. The molecule has 124 valence electrons. The Bertz CT molecular complexity index is 419. The summed E-state index contributed by atoms with van der Waals surface area (Å²) in [6, 6.07) is 0. The van der Waals surface area contributed by atoms with Crippen LogP contribution in [0.15, 0.2) is 0 Å². The first kappa shape index (κ1) is 18.3. The van der Waals surface area contributed by atoms with E-state index in [9.17, 15) is 13.2 Å². The average Bonchev–Trinajstić information content (AvgIpc) is 2.42. The van der Waals surface area contributed by atoms with Crippen molar-refractivity contribution >= 4 is 16.2 Å². The topological polar surface area (TPSA) is 99.2 Å². The molecule has 0 aromatic carbocycles. The Morgan fingerprint density at radius 1 is 1.33 bits per heavy atom. The lowest BCUT2D eigenvalue weighted by molar-refractivity contribution is -0.142.